The molecule has 3 heteroatoms. The van der Waals surface area contributed by atoms with E-state index in [1.165, 1.54) is 5.57 Å². The monoisotopic (exact) mass is 260 g/mol. The van der Waals surface area contributed by atoms with Crippen LogP contribution in [0.25, 0.3) is 0 Å². The van der Waals surface area contributed by atoms with Gasteiger partial charge in [-0.15, -0.1) is 0 Å². The fraction of sp³-hybridized carbons (Fsp3) is 0.750. The molecule has 0 radical (unpaired) electrons. The highest BCUT2D eigenvalue weighted by molar-refractivity contribution is 5.86. The number of carbonyl (C=O) groups excluding carboxylic acids is 1. The number of hydrogen-bond acceptors (Lipinski definition) is 2. The molecule has 0 N–H and O–H groups in total. The van der Waals surface area contributed by atoms with E-state index in [4.69, 9.17) is 0 Å². The van der Waals surface area contributed by atoms with Crippen LogP contribution < -0.4 is 0 Å². The molecule has 1 fully saturated rings. The van der Waals surface area contributed by atoms with Crippen molar-refractivity contribution in [2.45, 2.75) is 47.0 Å². The molecule has 0 spiro atoms. The zero-order valence-electron chi connectivity index (χ0n) is 12.5. The largest absolute Gasteiger partial charge is 0.337 e. The van der Waals surface area contributed by atoms with E-state index in [1.807, 2.05) is 4.90 Å². The topological polar surface area (TPSA) is 44.1 Å². The van der Waals surface area contributed by atoms with Crippen LogP contribution in [-0.2, 0) is 4.79 Å². The van der Waals surface area contributed by atoms with Crippen LogP contribution in [0.1, 0.15) is 47.0 Å². The van der Waals surface area contributed by atoms with Crippen LogP contribution in [-0.4, -0.2) is 23.9 Å². The van der Waals surface area contributed by atoms with Crippen LogP contribution in [0.5, 0.6) is 0 Å². The second-order valence-electron chi connectivity index (χ2n) is 7.19. The van der Waals surface area contributed by atoms with E-state index in [9.17, 15) is 10.1 Å². The molecule has 3 nitrogen and oxygen atoms in total. The van der Waals surface area contributed by atoms with E-state index in [1.54, 1.807) is 0 Å². The van der Waals surface area contributed by atoms with Gasteiger partial charge in [0, 0.05) is 13.1 Å². The minimum atomic E-state index is -0.716. The third-order valence-corrected chi connectivity index (χ3v) is 4.48. The van der Waals surface area contributed by atoms with Crippen molar-refractivity contribution in [1.82, 2.24) is 4.90 Å². The number of carbonyl (C=O) groups is 1. The molecule has 0 saturated heterocycles. The zero-order chi connectivity index (χ0) is 14.3. The van der Waals surface area contributed by atoms with Gasteiger partial charge in [0.15, 0.2) is 0 Å². The molecule has 1 amide bonds. The molecule has 1 aliphatic heterocycles. The van der Waals surface area contributed by atoms with Gasteiger partial charge < -0.3 is 4.90 Å². The lowest BCUT2D eigenvalue weighted by atomic mass is 9.62. The fourth-order valence-corrected chi connectivity index (χ4v) is 3.28. The molecule has 19 heavy (non-hydrogen) atoms. The average Bonchev–Trinajstić information content (AvgIpc) is 2.33. The number of hydrogen-bond donors (Lipinski definition) is 0. The predicted octanol–water partition coefficient (Wildman–Crippen LogP) is 3.13. The van der Waals surface area contributed by atoms with Crippen LogP contribution in [0.2, 0.25) is 0 Å². The Hall–Kier alpha value is -1.30. The van der Waals surface area contributed by atoms with Crippen molar-refractivity contribution in [3.8, 4) is 6.07 Å². The van der Waals surface area contributed by atoms with Crippen molar-refractivity contribution in [2.75, 3.05) is 13.1 Å². The summed E-state index contributed by atoms with van der Waals surface area (Å²) in [6.07, 6.45) is 4.57. The lowest BCUT2D eigenvalue weighted by Crippen LogP contribution is -2.51. The maximum atomic E-state index is 12.5. The maximum Gasteiger partial charge on any atom is 0.243 e. The van der Waals surface area contributed by atoms with Crippen LogP contribution in [0, 0.1) is 28.1 Å². The normalized spacial score (nSPS) is 31.2. The standard InChI is InChI=1S/C16H24N2O/c1-12-9-16(10-12,11-17)14(19)18-7-5-13(6-8-18)15(2,3)4/h5,12H,6-10H2,1-4H3. The van der Waals surface area contributed by atoms with Crippen molar-refractivity contribution in [2.24, 2.45) is 16.7 Å². The summed E-state index contributed by atoms with van der Waals surface area (Å²) in [7, 11) is 0. The molecule has 2 aliphatic rings. The maximum absolute atomic E-state index is 12.5. The molecule has 0 aromatic carbocycles. The third-order valence-electron chi connectivity index (χ3n) is 4.48. The first-order chi connectivity index (χ1) is 8.78. The Kier molecular flexibility index (Phi) is 3.47. The molecule has 0 bridgehead atoms. The van der Waals surface area contributed by atoms with E-state index in [-0.39, 0.29) is 11.3 Å². The van der Waals surface area contributed by atoms with E-state index in [0.717, 1.165) is 25.8 Å². The first-order valence-electron chi connectivity index (χ1n) is 7.19. The molecular formula is C16H24N2O. The van der Waals surface area contributed by atoms with Crippen molar-refractivity contribution in [3.63, 3.8) is 0 Å². The molecule has 2 rings (SSSR count). The zero-order valence-corrected chi connectivity index (χ0v) is 12.5. The molecule has 0 aromatic heterocycles. The molecular weight excluding hydrogens is 236 g/mol. The number of nitriles is 1. The minimum absolute atomic E-state index is 0.0531. The van der Waals surface area contributed by atoms with Crippen molar-refractivity contribution in [3.05, 3.63) is 11.6 Å². The average molecular weight is 260 g/mol. The molecule has 1 aliphatic carbocycles. The predicted molar refractivity (Wildman–Crippen MR) is 75.2 cm³/mol. The first-order valence-corrected chi connectivity index (χ1v) is 7.19. The lowest BCUT2D eigenvalue weighted by Gasteiger charge is -2.43. The highest BCUT2D eigenvalue weighted by Gasteiger charge is 2.50. The summed E-state index contributed by atoms with van der Waals surface area (Å²) in [6, 6.07) is 2.27. The fourth-order valence-electron chi connectivity index (χ4n) is 3.28. The SMILES string of the molecule is CC1CC(C#N)(C(=O)N2CC=C(C(C)(C)C)CC2)C1. The van der Waals surface area contributed by atoms with Gasteiger partial charge in [-0.25, -0.2) is 0 Å². The van der Waals surface area contributed by atoms with Crippen LogP contribution in [0.15, 0.2) is 11.6 Å². The number of nitrogens with zero attached hydrogens (tertiary/aromatic N) is 2. The molecule has 104 valence electrons. The molecule has 1 saturated carbocycles. The van der Waals surface area contributed by atoms with Gasteiger partial charge in [0.05, 0.1) is 6.07 Å². The van der Waals surface area contributed by atoms with Crippen LogP contribution in [0.3, 0.4) is 0 Å². The van der Waals surface area contributed by atoms with Crippen molar-refractivity contribution < 1.29 is 4.79 Å². The Morgan fingerprint density at radius 2 is 2.11 bits per heavy atom. The minimum Gasteiger partial charge on any atom is -0.337 e. The summed E-state index contributed by atoms with van der Waals surface area (Å²) >= 11 is 0. The van der Waals surface area contributed by atoms with Crippen LogP contribution >= 0.6 is 0 Å². The molecule has 0 aromatic rings. The summed E-state index contributed by atoms with van der Waals surface area (Å²) in [5.74, 6) is 0.561. The summed E-state index contributed by atoms with van der Waals surface area (Å²) in [6.45, 7) is 10.2. The summed E-state index contributed by atoms with van der Waals surface area (Å²) in [4.78, 5) is 14.4. The third kappa shape index (κ3) is 2.54. The Bertz CT molecular complexity index is 444. The molecule has 0 atom stereocenters. The second kappa shape index (κ2) is 4.67. The Morgan fingerprint density at radius 3 is 2.47 bits per heavy atom. The number of rotatable bonds is 1. The first kappa shape index (κ1) is 14.1. The highest BCUT2D eigenvalue weighted by Crippen LogP contribution is 2.46. The summed E-state index contributed by atoms with van der Waals surface area (Å²) < 4.78 is 0. The molecule has 0 unspecified atom stereocenters. The van der Waals surface area contributed by atoms with Crippen molar-refractivity contribution >= 4 is 5.91 Å². The van der Waals surface area contributed by atoms with Crippen molar-refractivity contribution in [1.29, 1.82) is 5.26 Å². The summed E-state index contributed by atoms with van der Waals surface area (Å²) in [5.41, 5.74) is 0.893. The van der Waals surface area contributed by atoms with E-state index < -0.39 is 5.41 Å². The lowest BCUT2D eigenvalue weighted by molar-refractivity contribution is -0.145. The Balaban J connectivity index is 2.05. The van der Waals surface area contributed by atoms with Gasteiger partial charge in [-0.3, -0.25) is 4.79 Å². The van der Waals surface area contributed by atoms with Gasteiger partial charge in [0.25, 0.3) is 0 Å². The van der Waals surface area contributed by atoms with Gasteiger partial charge in [-0.2, -0.15) is 5.26 Å². The number of amides is 1. The van der Waals surface area contributed by atoms with Gasteiger partial charge in [0.2, 0.25) is 5.91 Å². The second-order valence-corrected chi connectivity index (χ2v) is 7.19. The van der Waals surface area contributed by atoms with E-state index in [0.29, 0.717) is 12.5 Å². The van der Waals surface area contributed by atoms with Gasteiger partial charge in [-0.1, -0.05) is 39.3 Å². The smallest absolute Gasteiger partial charge is 0.243 e. The highest BCUT2D eigenvalue weighted by atomic mass is 16.2. The molecule has 1 heterocycles. The van der Waals surface area contributed by atoms with Gasteiger partial charge >= 0.3 is 0 Å². The van der Waals surface area contributed by atoms with E-state index in [2.05, 4.69) is 39.8 Å². The Morgan fingerprint density at radius 1 is 1.47 bits per heavy atom. The van der Waals surface area contributed by atoms with Gasteiger partial charge in [-0.05, 0) is 30.6 Å². The summed E-state index contributed by atoms with van der Waals surface area (Å²) in [5, 5.41) is 9.32. The Labute approximate surface area is 116 Å². The quantitative estimate of drug-likeness (QED) is 0.680. The van der Waals surface area contributed by atoms with Gasteiger partial charge in [0.1, 0.15) is 5.41 Å². The van der Waals surface area contributed by atoms with E-state index >= 15 is 0 Å². The van der Waals surface area contributed by atoms with Crippen LogP contribution in [0.4, 0.5) is 0 Å².